The molecule has 1 fully saturated rings. The minimum atomic E-state index is -0.168. The summed E-state index contributed by atoms with van der Waals surface area (Å²) in [4.78, 5) is 0. The molecular formula is C13H18O3. The van der Waals surface area contributed by atoms with Gasteiger partial charge < -0.3 is 14.6 Å². The summed E-state index contributed by atoms with van der Waals surface area (Å²) in [6, 6.07) is 10.3. The van der Waals surface area contributed by atoms with Crippen molar-refractivity contribution < 1.29 is 14.6 Å². The summed E-state index contributed by atoms with van der Waals surface area (Å²) in [6.07, 6.45) is 1.76. The van der Waals surface area contributed by atoms with Gasteiger partial charge in [-0.15, -0.1) is 0 Å². The smallest absolute Gasteiger partial charge is 0.107 e. The fourth-order valence-corrected chi connectivity index (χ4v) is 2.22. The van der Waals surface area contributed by atoms with Crippen LogP contribution in [0.3, 0.4) is 0 Å². The third-order valence-electron chi connectivity index (χ3n) is 3.07. The molecule has 0 saturated carbocycles. The summed E-state index contributed by atoms with van der Waals surface area (Å²) in [5.41, 5.74) is 1.26. The lowest BCUT2D eigenvalue weighted by Crippen LogP contribution is -2.26. The number of ether oxygens (including phenoxy) is 2. The van der Waals surface area contributed by atoms with Crippen LogP contribution in [-0.2, 0) is 15.9 Å². The third kappa shape index (κ3) is 2.61. The second-order valence-corrected chi connectivity index (χ2v) is 4.18. The van der Waals surface area contributed by atoms with Crippen molar-refractivity contribution in [3.8, 4) is 0 Å². The molecule has 1 N–H and O–H groups in total. The van der Waals surface area contributed by atoms with Crippen LogP contribution in [0.25, 0.3) is 0 Å². The van der Waals surface area contributed by atoms with Crippen LogP contribution in [0.4, 0.5) is 0 Å². The first-order chi connectivity index (χ1) is 7.83. The Hall–Kier alpha value is -0.900. The summed E-state index contributed by atoms with van der Waals surface area (Å²) in [5, 5.41) is 9.15. The van der Waals surface area contributed by atoms with Crippen LogP contribution >= 0.6 is 0 Å². The van der Waals surface area contributed by atoms with Gasteiger partial charge in [0, 0.05) is 13.5 Å². The second-order valence-electron chi connectivity index (χ2n) is 4.18. The van der Waals surface area contributed by atoms with Gasteiger partial charge in [-0.1, -0.05) is 30.3 Å². The van der Waals surface area contributed by atoms with E-state index in [4.69, 9.17) is 14.6 Å². The Balaban J connectivity index is 1.93. The summed E-state index contributed by atoms with van der Waals surface area (Å²) < 4.78 is 11.0. The Morgan fingerprint density at radius 2 is 2.12 bits per heavy atom. The largest absolute Gasteiger partial charge is 0.394 e. The Bertz CT molecular complexity index is 300. The van der Waals surface area contributed by atoms with Gasteiger partial charge in [0.05, 0.1) is 18.8 Å². The topological polar surface area (TPSA) is 38.7 Å². The molecule has 1 aliphatic heterocycles. The van der Waals surface area contributed by atoms with Crippen LogP contribution < -0.4 is 0 Å². The van der Waals surface area contributed by atoms with Crippen molar-refractivity contribution >= 4 is 0 Å². The van der Waals surface area contributed by atoms with E-state index in [0.29, 0.717) is 0 Å². The molecule has 0 radical (unpaired) electrons. The Labute approximate surface area is 96.0 Å². The quantitative estimate of drug-likeness (QED) is 0.836. The van der Waals surface area contributed by atoms with Crippen molar-refractivity contribution in [1.82, 2.24) is 0 Å². The standard InChI is InChI=1S/C13H18O3/c1-15-12-8-11(16-13(12)9-14)7-10-5-3-2-4-6-10/h2-6,11-14H,7-9H2,1H3/t11-,12-,13+/m0/s1. The van der Waals surface area contributed by atoms with Gasteiger partial charge in [0.1, 0.15) is 6.10 Å². The third-order valence-corrected chi connectivity index (χ3v) is 3.07. The van der Waals surface area contributed by atoms with Gasteiger partial charge in [0.2, 0.25) is 0 Å². The number of aliphatic hydroxyl groups excluding tert-OH is 1. The van der Waals surface area contributed by atoms with E-state index in [1.807, 2.05) is 18.2 Å². The molecule has 0 aromatic heterocycles. The van der Waals surface area contributed by atoms with E-state index < -0.39 is 0 Å². The van der Waals surface area contributed by atoms with Crippen LogP contribution in [0.5, 0.6) is 0 Å². The van der Waals surface area contributed by atoms with Gasteiger partial charge in [-0.25, -0.2) is 0 Å². The predicted molar refractivity (Wildman–Crippen MR) is 61.3 cm³/mol. The molecule has 3 heteroatoms. The molecule has 0 spiro atoms. The molecule has 0 aliphatic carbocycles. The first kappa shape index (κ1) is 11.6. The van der Waals surface area contributed by atoms with Crippen molar-refractivity contribution in [1.29, 1.82) is 0 Å². The molecule has 1 heterocycles. The van der Waals surface area contributed by atoms with Gasteiger partial charge in [-0.2, -0.15) is 0 Å². The van der Waals surface area contributed by atoms with E-state index in [0.717, 1.165) is 12.8 Å². The maximum absolute atomic E-state index is 9.15. The zero-order chi connectivity index (χ0) is 11.4. The van der Waals surface area contributed by atoms with Gasteiger partial charge in [0.15, 0.2) is 0 Å². The van der Waals surface area contributed by atoms with Crippen molar-refractivity contribution in [2.45, 2.75) is 31.2 Å². The van der Waals surface area contributed by atoms with E-state index >= 15 is 0 Å². The molecule has 0 amide bonds. The van der Waals surface area contributed by atoms with Crippen LogP contribution in [0.2, 0.25) is 0 Å². The number of hydrogen-bond donors (Lipinski definition) is 1. The lowest BCUT2D eigenvalue weighted by atomic mass is 10.0. The molecule has 1 saturated heterocycles. The molecule has 1 aromatic carbocycles. The van der Waals surface area contributed by atoms with Gasteiger partial charge in [-0.3, -0.25) is 0 Å². The van der Waals surface area contributed by atoms with Crippen molar-refractivity contribution in [3.05, 3.63) is 35.9 Å². The highest BCUT2D eigenvalue weighted by Gasteiger charge is 2.34. The van der Waals surface area contributed by atoms with E-state index in [9.17, 15) is 0 Å². The monoisotopic (exact) mass is 222 g/mol. The maximum Gasteiger partial charge on any atom is 0.107 e. The van der Waals surface area contributed by atoms with Gasteiger partial charge in [-0.05, 0) is 12.0 Å². The maximum atomic E-state index is 9.15. The minimum absolute atomic E-state index is 0.0266. The first-order valence-electron chi connectivity index (χ1n) is 5.66. The normalized spacial score (nSPS) is 29.5. The zero-order valence-corrected chi connectivity index (χ0v) is 9.50. The molecule has 3 atom stereocenters. The van der Waals surface area contributed by atoms with E-state index in [2.05, 4.69) is 12.1 Å². The fraction of sp³-hybridized carbons (Fsp3) is 0.538. The highest BCUT2D eigenvalue weighted by Crippen LogP contribution is 2.25. The molecule has 16 heavy (non-hydrogen) atoms. The average Bonchev–Trinajstić information content (AvgIpc) is 2.72. The lowest BCUT2D eigenvalue weighted by molar-refractivity contribution is -0.0336. The van der Waals surface area contributed by atoms with Crippen LogP contribution in [0.15, 0.2) is 30.3 Å². The van der Waals surface area contributed by atoms with Crippen molar-refractivity contribution in [2.24, 2.45) is 0 Å². The molecule has 2 rings (SSSR count). The summed E-state index contributed by atoms with van der Waals surface area (Å²) >= 11 is 0. The van der Waals surface area contributed by atoms with Crippen LogP contribution in [0, 0.1) is 0 Å². The first-order valence-corrected chi connectivity index (χ1v) is 5.66. The lowest BCUT2D eigenvalue weighted by Gasteiger charge is -2.13. The van der Waals surface area contributed by atoms with Crippen molar-refractivity contribution in [2.75, 3.05) is 13.7 Å². The molecule has 0 bridgehead atoms. The summed E-state index contributed by atoms with van der Waals surface area (Å²) in [5.74, 6) is 0. The highest BCUT2D eigenvalue weighted by atomic mass is 16.6. The molecule has 88 valence electrons. The molecular weight excluding hydrogens is 204 g/mol. The molecule has 3 nitrogen and oxygen atoms in total. The van der Waals surface area contributed by atoms with Crippen molar-refractivity contribution in [3.63, 3.8) is 0 Å². The number of methoxy groups -OCH3 is 1. The number of aliphatic hydroxyl groups is 1. The van der Waals surface area contributed by atoms with Gasteiger partial charge >= 0.3 is 0 Å². The molecule has 1 aromatic rings. The van der Waals surface area contributed by atoms with Crippen LogP contribution in [-0.4, -0.2) is 37.1 Å². The number of benzene rings is 1. The summed E-state index contributed by atoms with van der Waals surface area (Å²) in [7, 11) is 1.67. The highest BCUT2D eigenvalue weighted by molar-refractivity contribution is 5.15. The van der Waals surface area contributed by atoms with E-state index in [1.54, 1.807) is 7.11 Å². The average molecular weight is 222 g/mol. The minimum Gasteiger partial charge on any atom is -0.394 e. The zero-order valence-electron chi connectivity index (χ0n) is 9.50. The Morgan fingerprint density at radius 3 is 2.69 bits per heavy atom. The summed E-state index contributed by atoms with van der Waals surface area (Å²) in [6.45, 7) is 0.0315. The van der Waals surface area contributed by atoms with Gasteiger partial charge in [0.25, 0.3) is 0 Å². The van der Waals surface area contributed by atoms with Crippen LogP contribution in [0.1, 0.15) is 12.0 Å². The Kier molecular flexibility index (Phi) is 3.93. The van der Waals surface area contributed by atoms with E-state index in [-0.39, 0.29) is 24.9 Å². The number of rotatable bonds is 4. The second kappa shape index (κ2) is 5.43. The van der Waals surface area contributed by atoms with E-state index in [1.165, 1.54) is 5.56 Å². The molecule has 0 unspecified atom stereocenters. The molecule has 1 aliphatic rings. The number of hydrogen-bond acceptors (Lipinski definition) is 3. The SMILES string of the molecule is CO[C@H]1C[C@H](Cc2ccccc2)O[C@@H]1CO. The fourth-order valence-electron chi connectivity index (χ4n) is 2.22. The predicted octanol–water partition coefficient (Wildman–Crippen LogP) is 1.39. The Morgan fingerprint density at radius 1 is 1.38 bits per heavy atom.